The van der Waals surface area contributed by atoms with Gasteiger partial charge in [0.25, 0.3) is 0 Å². The van der Waals surface area contributed by atoms with Crippen LogP contribution in [-0.4, -0.2) is 8.41 Å². The minimum absolute atomic E-state index is 0. The van der Waals surface area contributed by atoms with Crippen LogP contribution in [0.3, 0.4) is 0 Å². The average Bonchev–Trinajstić information content (AvgIpc) is 0.918. The van der Waals surface area contributed by atoms with Crippen LogP contribution in [0.2, 0.25) is 0 Å². The number of hydrogen-bond acceptors (Lipinski definition) is 0. The smallest absolute Gasteiger partial charge is 0.00297 e. The van der Waals surface area contributed by atoms with Gasteiger partial charge < -0.3 is 0 Å². The first-order valence-corrected chi connectivity index (χ1v) is 0.789. The van der Waals surface area contributed by atoms with Crippen LogP contribution in [0.25, 0.3) is 0 Å². The Hall–Kier alpha value is -0.375. The summed E-state index contributed by atoms with van der Waals surface area (Å²) in [6.07, 6.45) is 4.60. The molecule has 24 valence electrons. The van der Waals surface area contributed by atoms with Crippen molar-refractivity contribution in [2.75, 3.05) is 0 Å². The second-order valence-electron chi connectivity index (χ2n) is 0.289. The summed E-state index contributed by atoms with van der Waals surface area (Å²) in [5.74, 6) is 2.25. The molecule has 0 fully saturated rings. The van der Waals surface area contributed by atoms with Crippen molar-refractivity contribution < 1.29 is 0 Å². The Morgan fingerprint density at radius 1 is 1.75 bits per heavy atom. The van der Waals surface area contributed by atoms with E-state index in [1.54, 1.807) is 6.92 Å². The Bertz CT molecular complexity index is 24.8. The first-order chi connectivity index (χ1) is 1.41. The molecule has 0 saturated carbocycles. The third-order valence-corrected chi connectivity index (χ3v) is 0. The van der Waals surface area contributed by atoms with Crippen LogP contribution in [0, 0.1) is 12.3 Å². The molecule has 0 N–H and O–H groups in total. The second kappa shape index (κ2) is 17.7. The quantitative estimate of drug-likeness (QED) is 0.251. The van der Waals surface area contributed by atoms with Crippen molar-refractivity contribution in [1.29, 1.82) is 0 Å². The van der Waals surface area contributed by atoms with Crippen LogP contribution in [0.5, 0.6) is 0 Å². The topological polar surface area (TPSA) is 0 Å². The first-order valence-electron chi connectivity index (χ1n) is 0.789. The summed E-state index contributed by atoms with van der Waals surface area (Å²) in [4.78, 5) is 0. The van der Waals surface area contributed by atoms with E-state index >= 15 is 0 Å². The van der Waals surface area contributed by atoms with E-state index in [9.17, 15) is 0 Å². The van der Waals surface area contributed by atoms with E-state index < -0.39 is 0 Å². The summed E-state index contributed by atoms with van der Waals surface area (Å²) >= 11 is 0. The predicted molar refractivity (Wildman–Crippen MR) is 25.8 cm³/mol. The van der Waals surface area contributed by atoms with Crippen molar-refractivity contribution in [2.24, 2.45) is 0 Å². The zero-order valence-electron chi connectivity index (χ0n) is 2.08. The summed E-state index contributed by atoms with van der Waals surface area (Å²) in [5, 5.41) is 0. The lowest BCUT2D eigenvalue weighted by atomic mass is 10.8. The number of rotatable bonds is 0. The van der Waals surface area contributed by atoms with Crippen LogP contribution in [0.15, 0.2) is 0 Å². The molecule has 0 saturated heterocycles. The molecule has 1 heteroatoms. The molecule has 0 unspecified atom stereocenters. The molecule has 0 spiro atoms. The second-order valence-corrected chi connectivity index (χ2v) is 0.289. The van der Waals surface area contributed by atoms with Crippen LogP contribution >= 0.6 is 0 Å². The summed E-state index contributed by atoms with van der Waals surface area (Å²) in [5.41, 5.74) is 0. The Morgan fingerprint density at radius 3 is 1.75 bits per heavy atom. The van der Waals surface area contributed by atoms with Gasteiger partial charge in [-0.25, -0.2) is 0 Å². The Kier molecular flexibility index (Phi) is 42.0. The molecule has 0 aliphatic rings. The van der Waals surface area contributed by atoms with E-state index in [0.717, 1.165) is 0 Å². The van der Waals surface area contributed by atoms with Gasteiger partial charge in [0.2, 0.25) is 0 Å². The van der Waals surface area contributed by atoms with Crippen LogP contribution in [0.1, 0.15) is 6.92 Å². The van der Waals surface area contributed by atoms with Gasteiger partial charge in [0.1, 0.15) is 0 Å². The highest BCUT2D eigenvalue weighted by molar-refractivity contribution is 5.75. The van der Waals surface area contributed by atoms with Gasteiger partial charge in [0.15, 0.2) is 0 Å². The van der Waals surface area contributed by atoms with Crippen LogP contribution in [-0.2, 0) is 0 Å². The molecule has 0 aliphatic heterocycles. The van der Waals surface area contributed by atoms with Gasteiger partial charge in [0, 0.05) is 0 Å². The van der Waals surface area contributed by atoms with Gasteiger partial charge in [-0.05, 0) is 6.92 Å². The molecular formula is C3H8B-. The lowest BCUT2D eigenvalue weighted by Gasteiger charge is -1.23. The van der Waals surface area contributed by atoms with Gasteiger partial charge in [0.05, 0.1) is 0 Å². The molecule has 0 radical (unpaired) electrons. The van der Waals surface area contributed by atoms with Crippen LogP contribution in [0.4, 0.5) is 0 Å². The summed E-state index contributed by atoms with van der Waals surface area (Å²) in [6.45, 7) is 1.65. The van der Waals surface area contributed by atoms with Crippen LogP contribution < -0.4 is 0 Å². The van der Waals surface area contributed by atoms with Gasteiger partial charge in [-0.15, -0.1) is 12.3 Å². The van der Waals surface area contributed by atoms with Gasteiger partial charge >= 0.3 is 0 Å². The average molecular weight is 54.9 g/mol. The summed E-state index contributed by atoms with van der Waals surface area (Å²) in [7, 11) is 0. The fourth-order valence-electron chi connectivity index (χ4n) is 0. The Balaban J connectivity index is 0. The fourth-order valence-corrected chi connectivity index (χ4v) is 0. The monoisotopic (exact) mass is 55.1 g/mol. The minimum Gasteiger partial charge on any atom is -0.120 e. The fraction of sp³-hybridized carbons (Fsp3) is 0.333. The third-order valence-electron chi connectivity index (χ3n) is 0. The lowest BCUT2D eigenvalue weighted by molar-refractivity contribution is 1.94. The maximum Gasteiger partial charge on any atom is -0.00297 e. The highest BCUT2D eigenvalue weighted by atomic mass is 13.2. The Labute approximate surface area is 28.8 Å². The number of terminal acetylenes is 1. The minimum atomic E-state index is 0. The standard InChI is InChI=1S/C3H4.BH4/c1-3-2;/h1H,2H3;1H4/q;-1. The molecule has 0 aromatic rings. The molecule has 0 heterocycles. The maximum atomic E-state index is 4.60. The molecule has 0 atom stereocenters. The molecule has 0 bridgehead atoms. The zero-order chi connectivity index (χ0) is 2.71. The highest BCUT2D eigenvalue weighted by Gasteiger charge is 1.09. The van der Waals surface area contributed by atoms with Crippen molar-refractivity contribution in [3.63, 3.8) is 0 Å². The van der Waals surface area contributed by atoms with E-state index in [2.05, 4.69) is 12.3 Å². The van der Waals surface area contributed by atoms with Gasteiger partial charge in [-0.2, -0.15) is 0 Å². The highest BCUT2D eigenvalue weighted by Crippen LogP contribution is 1.21. The van der Waals surface area contributed by atoms with Gasteiger partial charge in [-0.1, -0.05) is 8.41 Å². The molecule has 4 heavy (non-hydrogen) atoms. The zero-order valence-corrected chi connectivity index (χ0v) is 2.08. The normalized spacial score (nSPS) is 2.00. The van der Waals surface area contributed by atoms with E-state index in [0.29, 0.717) is 0 Å². The third kappa shape index (κ3) is 4.51. The molecule has 0 amide bonds. The first kappa shape index (κ1) is 9.46. The molecule has 0 aliphatic carbocycles. The van der Waals surface area contributed by atoms with E-state index in [1.165, 1.54) is 0 Å². The van der Waals surface area contributed by atoms with E-state index in [4.69, 9.17) is 0 Å². The lowest BCUT2D eigenvalue weighted by Crippen LogP contribution is -1.10. The van der Waals surface area contributed by atoms with Crippen molar-refractivity contribution in [3.8, 4) is 12.3 Å². The molecular weight excluding hydrogens is 46.8 g/mol. The summed E-state index contributed by atoms with van der Waals surface area (Å²) in [6, 6.07) is 0. The molecule has 0 rings (SSSR count). The van der Waals surface area contributed by atoms with Crippen molar-refractivity contribution in [1.82, 2.24) is 0 Å². The maximum absolute atomic E-state index is 4.60. The van der Waals surface area contributed by atoms with Crippen molar-refractivity contribution >= 4 is 8.41 Å². The largest absolute Gasteiger partial charge is 0.120 e. The predicted octanol–water partition coefficient (Wildman–Crippen LogP) is -0.812. The molecule has 0 nitrogen and oxygen atoms in total. The van der Waals surface area contributed by atoms with E-state index in [1.807, 2.05) is 0 Å². The molecule has 0 aromatic carbocycles. The molecule has 0 aromatic heterocycles. The number of hydrogen-bond donors (Lipinski definition) is 0. The SMILES string of the molecule is C#CC.[BH4-]. The van der Waals surface area contributed by atoms with Gasteiger partial charge in [-0.3, -0.25) is 0 Å². The van der Waals surface area contributed by atoms with E-state index in [-0.39, 0.29) is 8.41 Å². The van der Waals surface area contributed by atoms with Crippen molar-refractivity contribution in [3.05, 3.63) is 0 Å². The summed E-state index contributed by atoms with van der Waals surface area (Å²) < 4.78 is 0. The Morgan fingerprint density at radius 2 is 1.75 bits per heavy atom. The van der Waals surface area contributed by atoms with Crippen molar-refractivity contribution in [2.45, 2.75) is 6.92 Å².